The maximum Gasteiger partial charge on any atom is 0.261 e. The van der Waals surface area contributed by atoms with Crippen molar-refractivity contribution in [3.8, 4) is 5.75 Å². The van der Waals surface area contributed by atoms with Crippen LogP contribution in [0.3, 0.4) is 0 Å². The summed E-state index contributed by atoms with van der Waals surface area (Å²) in [6, 6.07) is 20.8. The number of hydrogen-bond acceptors (Lipinski definition) is 5. The largest absolute Gasteiger partial charge is 0.489 e. The van der Waals surface area contributed by atoms with Crippen LogP contribution >= 0.6 is 0 Å². The highest BCUT2D eigenvalue weighted by Gasteiger charge is 2.16. The number of nitrogens with one attached hydrogen (secondary N) is 1. The lowest BCUT2D eigenvalue weighted by Crippen LogP contribution is -2.33. The van der Waals surface area contributed by atoms with E-state index in [4.69, 9.17) is 4.74 Å². The molecular formula is C27H28FN3O3. The minimum atomic E-state index is -0.703. The van der Waals surface area contributed by atoms with Gasteiger partial charge in [0.05, 0.1) is 23.3 Å². The molecule has 1 heterocycles. The van der Waals surface area contributed by atoms with E-state index in [0.717, 1.165) is 12.0 Å². The summed E-state index contributed by atoms with van der Waals surface area (Å²) in [4.78, 5) is 16.9. The second-order valence-corrected chi connectivity index (χ2v) is 8.25. The van der Waals surface area contributed by atoms with Crippen molar-refractivity contribution in [3.05, 3.63) is 106 Å². The molecule has 34 heavy (non-hydrogen) atoms. The minimum absolute atomic E-state index is 0.0454. The molecule has 0 aliphatic rings. The molecular weight excluding hydrogens is 433 g/mol. The molecule has 2 unspecified atom stereocenters. The first-order valence-corrected chi connectivity index (χ1v) is 11.3. The normalized spacial score (nSPS) is 13.0. The first kappa shape index (κ1) is 23.6. The predicted molar refractivity (Wildman–Crippen MR) is 130 cm³/mol. The average molecular weight is 462 g/mol. The zero-order chi connectivity index (χ0) is 23.9. The summed E-state index contributed by atoms with van der Waals surface area (Å²) in [6.07, 6.45) is 1.60. The van der Waals surface area contributed by atoms with Crippen LogP contribution in [0.1, 0.15) is 30.6 Å². The first-order chi connectivity index (χ1) is 16.5. The molecule has 3 aromatic carbocycles. The number of fused-ring (bicyclic) bond motifs is 1. The molecule has 0 saturated carbocycles. The Morgan fingerprint density at radius 3 is 2.59 bits per heavy atom. The lowest BCUT2D eigenvalue weighted by atomic mass is 10.0. The van der Waals surface area contributed by atoms with E-state index >= 15 is 0 Å². The first-order valence-electron chi connectivity index (χ1n) is 11.3. The Morgan fingerprint density at radius 1 is 1.06 bits per heavy atom. The van der Waals surface area contributed by atoms with Crippen molar-refractivity contribution in [1.29, 1.82) is 0 Å². The standard InChI is InChI=1S/C27H28FN3O3/c1-19(29-15-6-16-31-18-30-25-10-5-3-8-23(25)27(31)33)26(32)20-11-13-22(14-12-20)34-17-21-7-2-4-9-24(21)28/h2-5,7-14,18-19,26,29,32H,6,15-17H2,1H3. The maximum absolute atomic E-state index is 13.7. The van der Waals surface area contributed by atoms with Gasteiger partial charge in [-0.15, -0.1) is 0 Å². The van der Waals surface area contributed by atoms with Crippen molar-refractivity contribution in [3.63, 3.8) is 0 Å². The van der Waals surface area contributed by atoms with Crippen LogP contribution in [0.5, 0.6) is 5.75 Å². The SMILES string of the molecule is CC(NCCCn1cnc2ccccc2c1=O)C(O)c1ccc(OCc2ccccc2F)cc1. The zero-order valence-electron chi connectivity index (χ0n) is 19.0. The number of hydrogen-bond donors (Lipinski definition) is 2. The summed E-state index contributed by atoms with van der Waals surface area (Å²) in [7, 11) is 0. The van der Waals surface area contributed by atoms with E-state index in [9.17, 15) is 14.3 Å². The molecule has 0 aliphatic heterocycles. The van der Waals surface area contributed by atoms with Crippen molar-refractivity contribution in [2.75, 3.05) is 6.54 Å². The molecule has 0 bridgehead atoms. The number of aliphatic hydroxyl groups excluding tert-OH is 1. The molecule has 0 saturated heterocycles. The van der Waals surface area contributed by atoms with Gasteiger partial charge in [-0.1, -0.05) is 42.5 Å². The molecule has 7 heteroatoms. The van der Waals surface area contributed by atoms with Gasteiger partial charge in [0.15, 0.2) is 0 Å². The van der Waals surface area contributed by atoms with Gasteiger partial charge in [0.1, 0.15) is 18.2 Å². The number of nitrogens with zero attached hydrogens (tertiary/aromatic N) is 2. The summed E-state index contributed by atoms with van der Waals surface area (Å²) in [5.74, 6) is 0.311. The van der Waals surface area contributed by atoms with E-state index in [1.807, 2.05) is 25.1 Å². The van der Waals surface area contributed by atoms with E-state index < -0.39 is 6.10 Å². The lowest BCUT2D eigenvalue weighted by Gasteiger charge is -2.21. The molecule has 0 amide bonds. The number of para-hydroxylation sites is 1. The van der Waals surface area contributed by atoms with Gasteiger partial charge < -0.3 is 15.2 Å². The number of aryl methyl sites for hydroxylation is 1. The van der Waals surface area contributed by atoms with Crippen LogP contribution in [0.15, 0.2) is 83.9 Å². The molecule has 2 atom stereocenters. The van der Waals surface area contributed by atoms with Crippen LogP contribution in [0, 0.1) is 5.82 Å². The summed E-state index contributed by atoms with van der Waals surface area (Å²) in [6.45, 7) is 3.24. The molecule has 2 N–H and O–H groups in total. The van der Waals surface area contributed by atoms with Gasteiger partial charge in [0.25, 0.3) is 5.56 Å². The van der Waals surface area contributed by atoms with Gasteiger partial charge in [-0.25, -0.2) is 9.37 Å². The van der Waals surface area contributed by atoms with Crippen LogP contribution in [0.4, 0.5) is 4.39 Å². The van der Waals surface area contributed by atoms with E-state index in [0.29, 0.717) is 35.3 Å². The van der Waals surface area contributed by atoms with Crippen LogP contribution in [-0.2, 0) is 13.2 Å². The van der Waals surface area contributed by atoms with Crippen LogP contribution in [-0.4, -0.2) is 27.2 Å². The molecule has 176 valence electrons. The maximum atomic E-state index is 13.7. The monoisotopic (exact) mass is 461 g/mol. The average Bonchev–Trinajstić information content (AvgIpc) is 2.87. The van der Waals surface area contributed by atoms with E-state index in [1.165, 1.54) is 6.07 Å². The topological polar surface area (TPSA) is 76.4 Å². The van der Waals surface area contributed by atoms with Crippen molar-refractivity contribution < 1.29 is 14.2 Å². The molecule has 1 aromatic heterocycles. The molecule has 0 radical (unpaired) electrons. The number of benzene rings is 3. The Balaban J connectivity index is 1.25. The predicted octanol–water partition coefficient (Wildman–Crippen LogP) is 4.22. The quantitative estimate of drug-likeness (QED) is 0.346. The lowest BCUT2D eigenvalue weighted by molar-refractivity contribution is 0.135. The van der Waals surface area contributed by atoms with Gasteiger partial charge in [-0.2, -0.15) is 0 Å². The number of ether oxygens (including phenoxy) is 1. The Labute approximate surface area is 197 Å². The van der Waals surface area contributed by atoms with Gasteiger partial charge in [0.2, 0.25) is 0 Å². The second kappa shape index (κ2) is 11.0. The Morgan fingerprint density at radius 2 is 1.79 bits per heavy atom. The zero-order valence-corrected chi connectivity index (χ0v) is 19.0. The van der Waals surface area contributed by atoms with Crippen molar-refractivity contribution in [2.24, 2.45) is 0 Å². The Bertz CT molecular complexity index is 1290. The Hall–Kier alpha value is -3.55. The van der Waals surface area contributed by atoms with E-state index in [-0.39, 0.29) is 24.0 Å². The smallest absolute Gasteiger partial charge is 0.261 e. The molecule has 0 fully saturated rings. The highest BCUT2D eigenvalue weighted by molar-refractivity contribution is 5.76. The summed E-state index contributed by atoms with van der Waals surface area (Å²) >= 11 is 0. The molecule has 4 rings (SSSR count). The second-order valence-electron chi connectivity index (χ2n) is 8.25. The third-order valence-electron chi connectivity index (χ3n) is 5.82. The molecule has 4 aromatic rings. The Kier molecular flexibility index (Phi) is 7.67. The van der Waals surface area contributed by atoms with Gasteiger partial charge in [-0.3, -0.25) is 9.36 Å². The molecule has 0 aliphatic carbocycles. The summed E-state index contributed by atoms with van der Waals surface area (Å²) < 4.78 is 21.0. The van der Waals surface area contributed by atoms with Gasteiger partial charge >= 0.3 is 0 Å². The third kappa shape index (κ3) is 5.68. The highest BCUT2D eigenvalue weighted by atomic mass is 19.1. The summed E-state index contributed by atoms with van der Waals surface area (Å²) in [5, 5.41) is 14.6. The minimum Gasteiger partial charge on any atom is -0.489 e. The fraction of sp³-hybridized carbons (Fsp3) is 0.259. The van der Waals surface area contributed by atoms with Gasteiger partial charge in [0, 0.05) is 18.2 Å². The third-order valence-corrected chi connectivity index (χ3v) is 5.82. The fourth-order valence-electron chi connectivity index (χ4n) is 3.78. The number of aliphatic hydroxyl groups is 1. The van der Waals surface area contributed by atoms with Crippen LogP contribution in [0.2, 0.25) is 0 Å². The van der Waals surface area contributed by atoms with Crippen molar-refractivity contribution in [2.45, 2.75) is 38.6 Å². The molecule has 6 nitrogen and oxygen atoms in total. The van der Waals surface area contributed by atoms with E-state index in [1.54, 1.807) is 59.4 Å². The molecule has 0 spiro atoms. The number of rotatable bonds is 10. The van der Waals surface area contributed by atoms with Gasteiger partial charge in [-0.05, 0) is 55.8 Å². The number of halogens is 1. The van der Waals surface area contributed by atoms with Crippen LogP contribution in [0.25, 0.3) is 10.9 Å². The van der Waals surface area contributed by atoms with Crippen molar-refractivity contribution in [1.82, 2.24) is 14.9 Å². The fourth-order valence-corrected chi connectivity index (χ4v) is 3.78. The highest BCUT2D eigenvalue weighted by Crippen LogP contribution is 2.21. The number of aromatic nitrogens is 2. The van der Waals surface area contributed by atoms with Crippen molar-refractivity contribution >= 4 is 10.9 Å². The van der Waals surface area contributed by atoms with Crippen LogP contribution < -0.4 is 15.6 Å². The van der Waals surface area contributed by atoms with E-state index in [2.05, 4.69) is 10.3 Å². The summed E-state index contributed by atoms with van der Waals surface area (Å²) in [5.41, 5.74) is 1.90.